The number of aryl methyl sites for hydroxylation is 1. The smallest absolute Gasteiger partial charge is 0.406 e. The topological polar surface area (TPSA) is 76.1 Å². The minimum Gasteiger partial charge on any atom is -0.406 e. The molecule has 0 spiro atoms. The first-order valence-electron chi connectivity index (χ1n) is 9.48. The van der Waals surface area contributed by atoms with Gasteiger partial charge in [-0.15, -0.1) is 13.2 Å². The van der Waals surface area contributed by atoms with Crippen LogP contribution in [0, 0.1) is 6.92 Å². The molecule has 1 aromatic heterocycles. The lowest BCUT2D eigenvalue weighted by atomic mass is 10.1. The molecule has 31 heavy (non-hydrogen) atoms. The second kappa shape index (κ2) is 9.03. The van der Waals surface area contributed by atoms with Crippen LogP contribution in [-0.4, -0.2) is 28.3 Å². The molecule has 2 N–H and O–H groups in total. The molecule has 0 radical (unpaired) electrons. The zero-order chi connectivity index (χ0) is 22.6. The molecule has 3 aromatic rings. The highest BCUT2D eigenvalue weighted by Crippen LogP contribution is 2.28. The van der Waals surface area contributed by atoms with Crippen molar-refractivity contribution in [2.24, 2.45) is 0 Å². The van der Waals surface area contributed by atoms with Crippen LogP contribution in [0.4, 0.5) is 24.8 Å². The van der Waals surface area contributed by atoms with Gasteiger partial charge in [0.2, 0.25) is 5.95 Å². The minimum atomic E-state index is -4.74. The maximum atomic E-state index is 12.3. The van der Waals surface area contributed by atoms with Gasteiger partial charge in [-0.25, -0.2) is 9.97 Å². The maximum absolute atomic E-state index is 12.3. The number of carbonyl (C=O) groups is 1. The molecule has 1 heterocycles. The van der Waals surface area contributed by atoms with Crippen LogP contribution in [0.1, 0.15) is 29.8 Å². The maximum Gasteiger partial charge on any atom is 0.573 e. The molecule has 0 unspecified atom stereocenters. The molecule has 0 bridgehead atoms. The van der Waals surface area contributed by atoms with Gasteiger partial charge in [0.1, 0.15) is 5.75 Å². The van der Waals surface area contributed by atoms with Crippen LogP contribution in [-0.2, 0) is 0 Å². The van der Waals surface area contributed by atoms with E-state index in [1.165, 1.54) is 24.3 Å². The van der Waals surface area contributed by atoms with Crippen molar-refractivity contribution in [3.8, 4) is 17.0 Å². The van der Waals surface area contributed by atoms with Gasteiger partial charge >= 0.3 is 6.36 Å². The van der Waals surface area contributed by atoms with Crippen LogP contribution in [0.15, 0.2) is 54.7 Å². The van der Waals surface area contributed by atoms with Crippen molar-refractivity contribution in [1.29, 1.82) is 0 Å². The SMILES string of the molecule is Cc1cnc(Nc2ccc(C(=O)NC(C)C)cc2)nc1-c1ccc(OC(F)(F)F)cc1. The number of benzene rings is 2. The largest absolute Gasteiger partial charge is 0.573 e. The average Bonchev–Trinajstić information content (AvgIpc) is 2.69. The van der Waals surface area contributed by atoms with Crippen LogP contribution < -0.4 is 15.4 Å². The van der Waals surface area contributed by atoms with Crippen LogP contribution in [0.25, 0.3) is 11.3 Å². The molecule has 162 valence electrons. The summed E-state index contributed by atoms with van der Waals surface area (Å²) >= 11 is 0. The Hall–Kier alpha value is -3.62. The van der Waals surface area contributed by atoms with Gasteiger partial charge in [-0.05, 0) is 74.9 Å². The third-order valence-corrected chi connectivity index (χ3v) is 4.16. The van der Waals surface area contributed by atoms with Crippen molar-refractivity contribution in [1.82, 2.24) is 15.3 Å². The highest BCUT2D eigenvalue weighted by molar-refractivity contribution is 5.94. The van der Waals surface area contributed by atoms with E-state index in [2.05, 4.69) is 25.3 Å². The number of amides is 1. The lowest BCUT2D eigenvalue weighted by molar-refractivity contribution is -0.274. The second-order valence-electron chi connectivity index (χ2n) is 7.13. The average molecular weight is 430 g/mol. The van der Waals surface area contributed by atoms with Gasteiger partial charge in [-0.2, -0.15) is 0 Å². The van der Waals surface area contributed by atoms with Crippen molar-refractivity contribution in [2.45, 2.75) is 33.2 Å². The molecule has 9 heteroatoms. The van der Waals surface area contributed by atoms with Gasteiger partial charge in [0.25, 0.3) is 5.91 Å². The predicted octanol–water partition coefficient (Wildman–Crippen LogP) is 5.23. The summed E-state index contributed by atoms with van der Waals surface area (Å²) in [6.45, 7) is 5.58. The van der Waals surface area contributed by atoms with Crippen molar-refractivity contribution >= 4 is 17.5 Å². The molecular formula is C22H21F3N4O2. The zero-order valence-electron chi connectivity index (χ0n) is 17.1. The van der Waals surface area contributed by atoms with Crippen LogP contribution in [0.2, 0.25) is 0 Å². The monoisotopic (exact) mass is 430 g/mol. The Morgan fingerprint density at radius 2 is 1.68 bits per heavy atom. The quantitative estimate of drug-likeness (QED) is 0.560. The fraction of sp³-hybridized carbons (Fsp3) is 0.227. The lowest BCUT2D eigenvalue weighted by Gasteiger charge is -2.12. The number of hydrogen-bond donors (Lipinski definition) is 2. The van der Waals surface area contributed by atoms with E-state index in [1.54, 1.807) is 37.4 Å². The Morgan fingerprint density at radius 3 is 2.26 bits per heavy atom. The zero-order valence-corrected chi connectivity index (χ0v) is 17.1. The summed E-state index contributed by atoms with van der Waals surface area (Å²) in [6.07, 6.45) is -3.12. The Balaban J connectivity index is 1.76. The first-order valence-corrected chi connectivity index (χ1v) is 9.48. The molecule has 2 aromatic carbocycles. The summed E-state index contributed by atoms with van der Waals surface area (Å²) in [5.74, 6) is -0.146. The standard InChI is InChI=1S/C22H21F3N4O2/c1-13(2)27-20(30)16-4-8-17(9-5-16)28-21-26-12-14(3)19(29-21)15-6-10-18(11-7-15)31-22(23,24)25/h4-13H,1-3H3,(H,27,30)(H,26,28,29). The van der Waals surface area contributed by atoms with E-state index in [0.29, 0.717) is 28.5 Å². The van der Waals surface area contributed by atoms with E-state index in [1.807, 2.05) is 13.8 Å². The van der Waals surface area contributed by atoms with Crippen LogP contribution in [0.5, 0.6) is 5.75 Å². The van der Waals surface area contributed by atoms with Crippen molar-refractivity contribution < 1.29 is 22.7 Å². The van der Waals surface area contributed by atoms with E-state index in [-0.39, 0.29) is 17.7 Å². The number of nitrogens with zero attached hydrogens (tertiary/aromatic N) is 2. The van der Waals surface area contributed by atoms with E-state index in [4.69, 9.17) is 0 Å². The summed E-state index contributed by atoms with van der Waals surface area (Å²) < 4.78 is 40.9. The number of carbonyl (C=O) groups excluding carboxylic acids is 1. The van der Waals surface area contributed by atoms with E-state index < -0.39 is 6.36 Å². The number of aromatic nitrogens is 2. The molecule has 0 atom stereocenters. The van der Waals surface area contributed by atoms with Gasteiger partial charge in [0.05, 0.1) is 5.69 Å². The molecule has 0 aliphatic rings. The molecule has 1 amide bonds. The van der Waals surface area contributed by atoms with E-state index >= 15 is 0 Å². The Morgan fingerprint density at radius 1 is 1.03 bits per heavy atom. The number of alkyl halides is 3. The number of hydrogen-bond acceptors (Lipinski definition) is 5. The number of nitrogens with one attached hydrogen (secondary N) is 2. The highest BCUT2D eigenvalue weighted by atomic mass is 19.4. The third-order valence-electron chi connectivity index (χ3n) is 4.16. The Bertz CT molecular complexity index is 1050. The number of rotatable bonds is 6. The summed E-state index contributed by atoms with van der Waals surface area (Å²) in [5.41, 5.74) is 3.17. The third kappa shape index (κ3) is 6.18. The Labute approximate surface area is 177 Å². The van der Waals surface area contributed by atoms with Crippen molar-refractivity contribution in [2.75, 3.05) is 5.32 Å². The normalized spacial score (nSPS) is 11.3. The molecule has 0 fully saturated rings. The van der Waals surface area contributed by atoms with Gasteiger partial charge < -0.3 is 15.4 Å². The van der Waals surface area contributed by atoms with Crippen LogP contribution >= 0.6 is 0 Å². The summed E-state index contributed by atoms with van der Waals surface area (Å²) in [4.78, 5) is 20.8. The molecule has 3 rings (SSSR count). The molecule has 0 saturated carbocycles. The second-order valence-corrected chi connectivity index (χ2v) is 7.13. The van der Waals surface area contributed by atoms with Crippen molar-refractivity contribution in [3.63, 3.8) is 0 Å². The van der Waals surface area contributed by atoms with Gasteiger partial charge in [-0.3, -0.25) is 4.79 Å². The van der Waals surface area contributed by atoms with E-state index in [9.17, 15) is 18.0 Å². The van der Waals surface area contributed by atoms with Crippen LogP contribution in [0.3, 0.4) is 0 Å². The van der Waals surface area contributed by atoms with Gasteiger partial charge in [0, 0.05) is 29.1 Å². The van der Waals surface area contributed by atoms with Gasteiger partial charge in [-0.1, -0.05) is 0 Å². The lowest BCUT2D eigenvalue weighted by Crippen LogP contribution is -2.29. The fourth-order valence-electron chi connectivity index (χ4n) is 2.79. The van der Waals surface area contributed by atoms with E-state index in [0.717, 1.165) is 5.56 Å². The molecular weight excluding hydrogens is 409 g/mol. The predicted molar refractivity (Wildman–Crippen MR) is 111 cm³/mol. The number of anilines is 2. The molecule has 6 nitrogen and oxygen atoms in total. The number of halogens is 3. The highest BCUT2D eigenvalue weighted by Gasteiger charge is 2.31. The summed E-state index contributed by atoms with van der Waals surface area (Å²) in [7, 11) is 0. The van der Waals surface area contributed by atoms with Gasteiger partial charge in [0.15, 0.2) is 0 Å². The first kappa shape index (κ1) is 22.1. The molecule has 0 saturated heterocycles. The summed E-state index contributed by atoms with van der Waals surface area (Å²) in [6, 6.07) is 12.4. The Kier molecular flexibility index (Phi) is 6.43. The summed E-state index contributed by atoms with van der Waals surface area (Å²) in [5, 5.41) is 5.88. The van der Waals surface area contributed by atoms with Crippen molar-refractivity contribution in [3.05, 3.63) is 65.9 Å². The number of ether oxygens (including phenoxy) is 1. The first-order chi connectivity index (χ1) is 14.6. The molecule has 0 aliphatic heterocycles. The minimum absolute atomic E-state index is 0.0405. The molecule has 0 aliphatic carbocycles. The fourth-order valence-corrected chi connectivity index (χ4v) is 2.79.